The molecule has 1 aromatic heterocycles. The fraction of sp³-hybridized carbons (Fsp3) is 0.533. The lowest BCUT2D eigenvalue weighted by Gasteiger charge is -2.30. The van der Waals surface area contributed by atoms with E-state index in [0.717, 1.165) is 24.6 Å². The van der Waals surface area contributed by atoms with Crippen LogP contribution < -0.4 is 5.32 Å². The van der Waals surface area contributed by atoms with Crippen molar-refractivity contribution in [3.8, 4) is 0 Å². The average Bonchev–Trinajstić information content (AvgIpc) is 3.27. The smallest absolute Gasteiger partial charge is 0.245 e. The molecule has 2 fully saturated rings. The highest BCUT2D eigenvalue weighted by Crippen LogP contribution is 2.28. The molecular formula is C15H18N4O3S2. The molecular weight excluding hydrogens is 348 g/mol. The maximum atomic E-state index is 12.9. The summed E-state index contributed by atoms with van der Waals surface area (Å²) in [6.07, 6.45) is 3.24. The topological polar surface area (TPSA) is 92.3 Å². The number of hydrogen-bond acceptors (Lipinski definition) is 6. The van der Waals surface area contributed by atoms with E-state index in [0.29, 0.717) is 43.0 Å². The zero-order chi connectivity index (χ0) is 16.7. The van der Waals surface area contributed by atoms with Crippen molar-refractivity contribution in [3.63, 3.8) is 0 Å². The van der Waals surface area contributed by atoms with E-state index < -0.39 is 10.0 Å². The van der Waals surface area contributed by atoms with Crippen LogP contribution in [0.4, 0.5) is 0 Å². The Morgan fingerprint density at radius 3 is 2.62 bits per heavy atom. The van der Waals surface area contributed by atoms with Crippen molar-refractivity contribution in [1.82, 2.24) is 18.4 Å². The summed E-state index contributed by atoms with van der Waals surface area (Å²) in [5.41, 5.74) is 1.02. The van der Waals surface area contributed by atoms with Gasteiger partial charge in [0, 0.05) is 25.0 Å². The molecule has 0 radical (unpaired) electrons. The second kappa shape index (κ2) is 6.05. The molecule has 1 N–H and O–H groups in total. The maximum absolute atomic E-state index is 12.9. The highest BCUT2D eigenvalue weighted by atomic mass is 32.2. The predicted molar refractivity (Wildman–Crippen MR) is 90.1 cm³/mol. The number of amides is 1. The summed E-state index contributed by atoms with van der Waals surface area (Å²) in [6.45, 7) is 0.720. The van der Waals surface area contributed by atoms with Crippen LogP contribution in [0.1, 0.15) is 25.7 Å². The van der Waals surface area contributed by atoms with E-state index in [4.69, 9.17) is 0 Å². The fourth-order valence-electron chi connectivity index (χ4n) is 3.03. The molecule has 1 saturated carbocycles. The molecule has 1 aliphatic carbocycles. The molecule has 9 heteroatoms. The third-order valence-electron chi connectivity index (χ3n) is 4.62. The van der Waals surface area contributed by atoms with Gasteiger partial charge < -0.3 is 5.32 Å². The molecule has 2 aromatic rings. The fourth-order valence-corrected chi connectivity index (χ4v) is 5.26. The molecule has 0 atom stereocenters. The van der Waals surface area contributed by atoms with E-state index in [-0.39, 0.29) is 16.7 Å². The zero-order valence-electron chi connectivity index (χ0n) is 13.0. The summed E-state index contributed by atoms with van der Waals surface area (Å²) in [5, 5.41) is 3.01. The number of rotatable bonds is 4. The minimum atomic E-state index is -3.61. The number of hydrogen-bond donors (Lipinski definition) is 1. The molecule has 7 nitrogen and oxygen atoms in total. The highest BCUT2D eigenvalue weighted by Gasteiger charge is 2.35. The van der Waals surface area contributed by atoms with E-state index in [1.54, 1.807) is 18.2 Å². The van der Waals surface area contributed by atoms with E-state index >= 15 is 0 Å². The first-order valence-corrected chi connectivity index (χ1v) is 10.2. The number of sulfonamides is 1. The number of benzene rings is 1. The summed E-state index contributed by atoms with van der Waals surface area (Å²) in [5.74, 6) is -0.0193. The Labute approximate surface area is 144 Å². The second-order valence-electron chi connectivity index (χ2n) is 6.35. The van der Waals surface area contributed by atoms with Gasteiger partial charge in [-0.3, -0.25) is 4.79 Å². The van der Waals surface area contributed by atoms with E-state index in [2.05, 4.69) is 14.1 Å². The minimum absolute atomic E-state index is 0.0698. The van der Waals surface area contributed by atoms with Crippen LogP contribution in [0.25, 0.3) is 11.0 Å². The number of nitrogens with one attached hydrogen (secondary N) is 1. The third-order valence-corrected chi connectivity index (χ3v) is 7.09. The summed E-state index contributed by atoms with van der Waals surface area (Å²) in [4.78, 5) is 12.3. The molecule has 24 heavy (non-hydrogen) atoms. The maximum Gasteiger partial charge on any atom is 0.245 e. The Kier molecular flexibility index (Phi) is 4.01. The lowest BCUT2D eigenvalue weighted by molar-refractivity contribution is -0.126. The van der Waals surface area contributed by atoms with Gasteiger partial charge in [-0.2, -0.15) is 13.1 Å². The van der Waals surface area contributed by atoms with Crippen LogP contribution in [-0.4, -0.2) is 46.5 Å². The summed E-state index contributed by atoms with van der Waals surface area (Å²) >= 11 is 1.01. The van der Waals surface area contributed by atoms with Gasteiger partial charge >= 0.3 is 0 Å². The van der Waals surface area contributed by atoms with Crippen LogP contribution >= 0.6 is 11.7 Å². The summed E-state index contributed by atoms with van der Waals surface area (Å²) in [7, 11) is -3.61. The molecule has 1 aromatic carbocycles. The van der Waals surface area contributed by atoms with Crippen LogP contribution in [0, 0.1) is 5.92 Å². The Hall–Kier alpha value is -1.58. The van der Waals surface area contributed by atoms with Crippen LogP contribution in [0.5, 0.6) is 0 Å². The Balaban J connectivity index is 1.50. The minimum Gasteiger partial charge on any atom is -0.353 e. The second-order valence-corrected chi connectivity index (χ2v) is 8.78. The van der Waals surface area contributed by atoms with Gasteiger partial charge in [-0.15, -0.1) is 0 Å². The van der Waals surface area contributed by atoms with Crippen molar-refractivity contribution in [1.29, 1.82) is 0 Å². The van der Waals surface area contributed by atoms with Gasteiger partial charge in [0.25, 0.3) is 0 Å². The van der Waals surface area contributed by atoms with Gasteiger partial charge in [-0.1, -0.05) is 6.07 Å². The van der Waals surface area contributed by atoms with E-state index in [1.807, 2.05) is 0 Å². The molecule has 1 saturated heterocycles. The molecule has 0 unspecified atom stereocenters. The van der Waals surface area contributed by atoms with E-state index in [1.165, 1.54) is 4.31 Å². The quantitative estimate of drug-likeness (QED) is 0.882. The number of carbonyl (C=O) groups is 1. The van der Waals surface area contributed by atoms with Crippen molar-refractivity contribution in [3.05, 3.63) is 18.2 Å². The first-order valence-electron chi connectivity index (χ1n) is 8.07. The molecule has 2 aliphatic rings. The van der Waals surface area contributed by atoms with Crippen molar-refractivity contribution in [2.45, 2.75) is 36.6 Å². The van der Waals surface area contributed by atoms with E-state index in [9.17, 15) is 13.2 Å². The third kappa shape index (κ3) is 2.91. The number of nitrogens with zero attached hydrogens (tertiary/aromatic N) is 3. The SMILES string of the molecule is O=C(NC1CC1)C1CCN(S(=O)(=O)c2cccc3nsnc23)CC1. The van der Waals surface area contributed by atoms with Crippen molar-refractivity contribution in [2.24, 2.45) is 5.92 Å². The number of fused-ring (bicyclic) bond motifs is 1. The van der Waals surface area contributed by atoms with Crippen molar-refractivity contribution >= 4 is 38.7 Å². The number of piperidine rings is 1. The predicted octanol–water partition coefficient (Wildman–Crippen LogP) is 1.37. The normalized spacial score (nSPS) is 20.3. The highest BCUT2D eigenvalue weighted by molar-refractivity contribution is 7.89. The van der Waals surface area contributed by atoms with Gasteiger partial charge in [0.2, 0.25) is 15.9 Å². The average molecular weight is 366 g/mol. The van der Waals surface area contributed by atoms with Crippen LogP contribution in [0.3, 0.4) is 0 Å². The first kappa shape index (κ1) is 15.9. The monoisotopic (exact) mass is 366 g/mol. The zero-order valence-corrected chi connectivity index (χ0v) is 14.6. The van der Waals surface area contributed by atoms with Gasteiger partial charge in [-0.25, -0.2) is 8.42 Å². The van der Waals surface area contributed by atoms with Crippen molar-refractivity contribution < 1.29 is 13.2 Å². The number of aromatic nitrogens is 2. The summed E-state index contributed by atoms with van der Waals surface area (Å²) in [6, 6.07) is 5.36. The molecule has 1 aliphatic heterocycles. The molecule has 128 valence electrons. The number of carbonyl (C=O) groups excluding carboxylic acids is 1. The van der Waals surface area contributed by atoms with Gasteiger partial charge in [-0.05, 0) is 37.8 Å². The lowest BCUT2D eigenvalue weighted by Crippen LogP contribution is -2.43. The summed E-state index contributed by atoms with van der Waals surface area (Å²) < 4.78 is 35.5. The molecule has 4 rings (SSSR count). The molecule has 0 spiro atoms. The van der Waals surface area contributed by atoms with Crippen molar-refractivity contribution in [2.75, 3.05) is 13.1 Å². The lowest BCUT2D eigenvalue weighted by atomic mass is 9.97. The first-order chi connectivity index (χ1) is 11.6. The van der Waals surface area contributed by atoms with Crippen LogP contribution in [-0.2, 0) is 14.8 Å². The Bertz CT molecular complexity index is 868. The van der Waals surface area contributed by atoms with Gasteiger partial charge in [0.15, 0.2) is 0 Å². The largest absolute Gasteiger partial charge is 0.353 e. The standard InChI is InChI=1S/C15H18N4O3S2/c20-15(16-11-4-5-11)10-6-8-19(9-7-10)24(21,22)13-3-1-2-12-14(13)18-23-17-12/h1-3,10-11H,4-9H2,(H,16,20). The Morgan fingerprint density at radius 1 is 1.17 bits per heavy atom. The molecule has 2 heterocycles. The van der Waals surface area contributed by atoms with Crippen LogP contribution in [0.2, 0.25) is 0 Å². The van der Waals surface area contributed by atoms with Gasteiger partial charge in [0.1, 0.15) is 15.9 Å². The Morgan fingerprint density at radius 2 is 1.92 bits per heavy atom. The molecule has 1 amide bonds. The van der Waals surface area contributed by atoms with Crippen LogP contribution in [0.15, 0.2) is 23.1 Å². The molecule has 0 bridgehead atoms. The van der Waals surface area contributed by atoms with Gasteiger partial charge in [0.05, 0.1) is 11.7 Å².